The van der Waals surface area contributed by atoms with E-state index in [2.05, 4.69) is 5.32 Å². The Labute approximate surface area is 86.0 Å². The molecule has 0 fully saturated rings. The monoisotopic (exact) mass is 209 g/mol. The third kappa shape index (κ3) is 1.73. The molecular weight excluding hydrogens is 198 g/mol. The van der Waals surface area contributed by atoms with Gasteiger partial charge in [-0.15, -0.1) is 0 Å². The molecule has 1 aliphatic rings. The van der Waals surface area contributed by atoms with Crippen LogP contribution in [0.15, 0.2) is 12.1 Å². The van der Waals surface area contributed by atoms with Gasteiger partial charge in [-0.05, 0) is 29.7 Å². The summed E-state index contributed by atoms with van der Waals surface area (Å²) in [7, 11) is 0. The summed E-state index contributed by atoms with van der Waals surface area (Å²) in [5.74, 6) is -1.29. The normalized spacial score (nSPS) is 19.6. The summed E-state index contributed by atoms with van der Waals surface area (Å²) in [6, 6.07) is 2.25. The van der Waals surface area contributed by atoms with Crippen LogP contribution in [-0.4, -0.2) is 27.3 Å². The van der Waals surface area contributed by atoms with Crippen molar-refractivity contribution in [2.45, 2.75) is 19.0 Å². The topological polar surface area (TPSA) is 89.8 Å². The van der Waals surface area contributed by atoms with Crippen LogP contribution in [0.1, 0.15) is 11.1 Å². The minimum atomic E-state index is -0.909. The van der Waals surface area contributed by atoms with Crippen LogP contribution in [0.2, 0.25) is 0 Å². The largest absolute Gasteiger partial charge is 0.504 e. The number of fused-ring (bicyclic) bond motifs is 1. The second-order valence-electron chi connectivity index (χ2n) is 3.59. The second-order valence-corrected chi connectivity index (χ2v) is 3.59. The summed E-state index contributed by atoms with van der Waals surface area (Å²) in [4.78, 5) is 10.7. The third-order valence-corrected chi connectivity index (χ3v) is 2.56. The van der Waals surface area contributed by atoms with Crippen LogP contribution in [0.4, 0.5) is 0 Å². The van der Waals surface area contributed by atoms with Gasteiger partial charge in [0.2, 0.25) is 0 Å². The smallest absolute Gasteiger partial charge is 0.321 e. The molecule has 0 aromatic heterocycles. The van der Waals surface area contributed by atoms with Gasteiger partial charge in [0.1, 0.15) is 6.04 Å². The fourth-order valence-corrected chi connectivity index (χ4v) is 1.72. The van der Waals surface area contributed by atoms with E-state index < -0.39 is 12.0 Å². The first-order valence-corrected chi connectivity index (χ1v) is 4.58. The molecular formula is C10H11NO4. The summed E-state index contributed by atoms with van der Waals surface area (Å²) in [5, 5.41) is 30.2. The quantitative estimate of drug-likeness (QED) is 0.496. The Balaban J connectivity index is 2.34. The first-order chi connectivity index (χ1) is 7.08. The minimum absolute atomic E-state index is 0.177. The van der Waals surface area contributed by atoms with E-state index in [9.17, 15) is 15.0 Å². The van der Waals surface area contributed by atoms with Gasteiger partial charge in [-0.1, -0.05) is 0 Å². The van der Waals surface area contributed by atoms with Crippen LogP contribution in [0, 0.1) is 0 Å². The maximum absolute atomic E-state index is 10.7. The van der Waals surface area contributed by atoms with Crippen LogP contribution in [0.25, 0.3) is 0 Å². The van der Waals surface area contributed by atoms with E-state index in [1.807, 2.05) is 0 Å². The molecule has 4 N–H and O–H groups in total. The summed E-state index contributed by atoms with van der Waals surface area (Å²) in [5.41, 5.74) is 1.58. The summed E-state index contributed by atoms with van der Waals surface area (Å²) in [6.45, 7) is 0.389. The van der Waals surface area contributed by atoms with Gasteiger partial charge in [-0.2, -0.15) is 0 Å². The van der Waals surface area contributed by atoms with Gasteiger partial charge < -0.3 is 20.6 Å². The number of nitrogens with one attached hydrogen (secondary N) is 1. The Hall–Kier alpha value is -1.75. The SMILES string of the molecule is O=C(O)[C@@H]1Cc2cc(O)c(O)cc2CN1. The number of hydrogen-bond donors (Lipinski definition) is 4. The van der Waals surface area contributed by atoms with Gasteiger partial charge in [0.05, 0.1) is 0 Å². The minimum Gasteiger partial charge on any atom is -0.504 e. The molecule has 0 radical (unpaired) electrons. The lowest BCUT2D eigenvalue weighted by Gasteiger charge is -2.23. The summed E-state index contributed by atoms with van der Waals surface area (Å²) in [6.07, 6.45) is 0.318. The molecule has 0 amide bonds. The van der Waals surface area contributed by atoms with E-state index in [0.717, 1.165) is 11.1 Å². The molecule has 1 heterocycles. The number of phenols is 2. The molecule has 1 aromatic carbocycles. The molecule has 0 spiro atoms. The van der Waals surface area contributed by atoms with Crippen molar-refractivity contribution in [2.24, 2.45) is 0 Å². The van der Waals surface area contributed by atoms with Gasteiger partial charge >= 0.3 is 5.97 Å². The number of rotatable bonds is 1. The van der Waals surface area contributed by atoms with Crippen LogP contribution in [0.5, 0.6) is 11.5 Å². The predicted molar refractivity (Wildman–Crippen MR) is 51.7 cm³/mol. The number of aromatic hydroxyl groups is 2. The molecule has 80 valence electrons. The molecule has 1 aromatic rings. The van der Waals surface area contributed by atoms with Crippen molar-refractivity contribution in [2.75, 3.05) is 0 Å². The highest BCUT2D eigenvalue weighted by Gasteiger charge is 2.24. The zero-order chi connectivity index (χ0) is 11.0. The number of benzene rings is 1. The van der Waals surface area contributed by atoms with E-state index >= 15 is 0 Å². The number of carboxylic acids is 1. The van der Waals surface area contributed by atoms with Gasteiger partial charge in [0.25, 0.3) is 0 Å². The number of aliphatic carboxylic acids is 1. The Morgan fingerprint density at radius 2 is 1.87 bits per heavy atom. The highest BCUT2D eigenvalue weighted by atomic mass is 16.4. The first kappa shape index (κ1) is 9.79. The van der Waals surface area contributed by atoms with Crippen molar-refractivity contribution in [3.05, 3.63) is 23.3 Å². The molecule has 0 aliphatic carbocycles. The summed E-state index contributed by atoms with van der Waals surface area (Å²) >= 11 is 0. The first-order valence-electron chi connectivity index (χ1n) is 4.58. The van der Waals surface area contributed by atoms with Crippen molar-refractivity contribution in [1.82, 2.24) is 5.32 Å². The van der Waals surface area contributed by atoms with E-state index in [-0.39, 0.29) is 11.5 Å². The van der Waals surface area contributed by atoms with Crippen molar-refractivity contribution < 1.29 is 20.1 Å². The van der Waals surface area contributed by atoms with Crippen molar-refractivity contribution in [3.8, 4) is 11.5 Å². The molecule has 0 bridgehead atoms. The second kappa shape index (κ2) is 3.43. The maximum atomic E-state index is 10.7. The zero-order valence-electron chi connectivity index (χ0n) is 7.90. The maximum Gasteiger partial charge on any atom is 0.321 e. The Kier molecular flexibility index (Phi) is 2.24. The molecule has 1 aliphatic heterocycles. The number of phenolic OH excluding ortho intramolecular Hbond substituents is 2. The molecule has 2 rings (SSSR count). The molecule has 0 unspecified atom stereocenters. The predicted octanol–water partition coefficient (Wildman–Crippen LogP) is 0.197. The zero-order valence-corrected chi connectivity index (χ0v) is 7.90. The molecule has 0 saturated heterocycles. The number of carbonyl (C=O) groups is 1. The Morgan fingerprint density at radius 1 is 1.27 bits per heavy atom. The van der Waals surface area contributed by atoms with Crippen LogP contribution < -0.4 is 5.32 Å². The van der Waals surface area contributed by atoms with E-state index in [4.69, 9.17) is 5.11 Å². The van der Waals surface area contributed by atoms with Gasteiger partial charge in [-0.25, -0.2) is 0 Å². The standard InChI is InChI=1S/C10H11NO4/c12-8-2-5-1-7(10(14)15)11-4-6(5)3-9(8)13/h2-3,7,11-13H,1,4H2,(H,14,15)/t7-/m0/s1. The average molecular weight is 209 g/mol. The highest BCUT2D eigenvalue weighted by Crippen LogP contribution is 2.30. The number of carboxylic acid groups (broad SMARTS) is 1. The lowest BCUT2D eigenvalue weighted by molar-refractivity contribution is -0.139. The lowest BCUT2D eigenvalue weighted by Crippen LogP contribution is -2.41. The molecule has 5 nitrogen and oxygen atoms in total. The molecule has 5 heteroatoms. The summed E-state index contributed by atoms with van der Waals surface area (Å²) < 4.78 is 0. The van der Waals surface area contributed by atoms with Crippen LogP contribution in [-0.2, 0) is 17.8 Å². The number of hydrogen-bond acceptors (Lipinski definition) is 4. The van der Waals surface area contributed by atoms with Gasteiger partial charge in [0.15, 0.2) is 11.5 Å². The highest BCUT2D eigenvalue weighted by molar-refractivity contribution is 5.74. The molecule has 0 saturated carbocycles. The van der Waals surface area contributed by atoms with Gasteiger partial charge in [-0.3, -0.25) is 4.79 Å². The van der Waals surface area contributed by atoms with Gasteiger partial charge in [0, 0.05) is 6.54 Å². The molecule has 15 heavy (non-hydrogen) atoms. The average Bonchev–Trinajstić information content (AvgIpc) is 2.19. The van der Waals surface area contributed by atoms with E-state index in [0.29, 0.717) is 13.0 Å². The van der Waals surface area contributed by atoms with Crippen molar-refractivity contribution in [3.63, 3.8) is 0 Å². The fraction of sp³-hybridized carbons (Fsp3) is 0.300. The van der Waals surface area contributed by atoms with Crippen LogP contribution in [0.3, 0.4) is 0 Å². The van der Waals surface area contributed by atoms with Crippen molar-refractivity contribution in [1.29, 1.82) is 0 Å². The van der Waals surface area contributed by atoms with E-state index in [1.165, 1.54) is 12.1 Å². The Morgan fingerprint density at radius 3 is 2.47 bits per heavy atom. The Bertz CT molecular complexity index is 416. The third-order valence-electron chi connectivity index (χ3n) is 2.56. The fourth-order valence-electron chi connectivity index (χ4n) is 1.72. The van der Waals surface area contributed by atoms with Crippen molar-refractivity contribution >= 4 is 5.97 Å². The van der Waals surface area contributed by atoms with E-state index in [1.54, 1.807) is 0 Å². The lowest BCUT2D eigenvalue weighted by atomic mass is 9.95. The van der Waals surface area contributed by atoms with Crippen LogP contribution >= 0.6 is 0 Å². The molecule has 1 atom stereocenters.